The normalized spacial score (nSPS) is 36.4. The van der Waals surface area contributed by atoms with Gasteiger partial charge >= 0.3 is 5.69 Å². The van der Waals surface area contributed by atoms with Crippen LogP contribution in [0.15, 0.2) is 17.1 Å². The number of nitrogens with zero attached hydrogens (tertiary/aromatic N) is 2. The second-order valence-corrected chi connectivity index (χ2v) is 7.40. The Bertz CT molecular complexity index is 586. The standard InChI is InChI=1S/C12H21N3O4Si/c1-10(2)11(3,18)7(6-16)19-12(10,20)15-5-4-8(13)14-9(15)17/h4-5,7,16,18H,6H2,1-3,20H3,(H2,13,14,17)/t7-,11-,12+/m1/s1. The molecule has 0 spiro atoms. The van der Waals surface area contributed by atoms with Crippen LogP contribution in [0.3, 0.4) is 0 Å². The Kier molecular flexibility index (Phi) is 3.33. The average Bonchev–Trinajstić information content (AvgIpc) is 2.47. The largest absolute Gasteiger partial charge is 0.394 e. The van der Waals surface area contributed by atoms with Gasteiger partial charge in [0.25, 0.3) is 0 Å². The Morgan fingerprint density at radius 1 is 1.55 bits per heavy atom. The molecule has 1 saturated heterocycles. The fourth-order valence-corrected chi connectivity index (χ4v) is 3.86. The van der Waals surface area contributed by atoms with Gasteiger partial charge in [0.1, 0.15) is 17.3 Å². The second-order valence-electron chi connectivity index (χ2n) is 6.05. The van der Waals surface area contributed by atoms with Crippen LogP contribution in [-0.2, 0) is 10.1 Å². The van der Waals surface area contributed by atoms with E-state index in [0.29, 0.717) is 10.2 Å². The Balaban J connectivity index is 2.63. The summed E-state index contributed by atoms with van der Waals surface area (Å²) in [6, 6.07) is 1.52. The van der Waals surface area contributed by atoms with Crippen molar-refractivity contribution >= 4 is 16.1 Å². The van der Waals surface area contributed by atoms with E-state index in [0.717, 1.165) is 0 Å². The maximum absolute atomic E-state index is 12.1. The topological polar surface area (TPSA) is 111 Å². The lowest BCUT2D eigenvalue weighted by atomic mass is 9.73. The molecule has 7 nitrogen and oxygen atoms in total. The van der Waals surface area contributed by atoms with E-state index in [1.807, 2.05) is 13.8 Å². The van der Waals surface area contributed by atoms with Gasteiger partial charge in [0.2, 0.25) is 0 Å². The predicted octanol–water partition coefficient (Wildman–Crippen LogP) is -2.03. The van der Waals surface area contributed by atoms with Gasteiger partial charge < -0.3 is 20.7 Å². The molecule has 1 aromatic heterocycles. The molecule has 1 fully saturated rings. The molecule has 0 saturated carbocycles. The Hall–Kier alpha value is -1.22. The van der Waals surface area contributed by atoms with Crippen LogP contribution in [-0.4, -0.2) is 48.3 Å². The van der Waals surface area contributed by atoms with Gasteiger partial charge in [0, 0.05) is 11.6 Å². The first-order valence-corrected chi connectivity index (χ1v) is 7.44. The Morgan fingerprint density at radius 2 is 2.15 bits per heavy atom. The first-order valence-electron chi connectivity index (χ1n) is 6.44. The molecule has 112 valence electrons. The van der Waals surface area contributed by atoms with Gasteiger partial charge in [-0.05, 0) is 13.0 Å². The van der Waals surface area contributed by atoms with Crippen LogP contribution in [0.4, 0.5) is 5.82 Å². The fourth-order valence-electron chi connectivity index (χ4n) is 2.73. The number of aliphatic hydroxyl groups excluding tert-OH is 1. The average molecular weight is 299 g/mol. The van der Waals surface area contributed by atoms with Gasteiger partial charge in [-0.3, -0.25) is 4.57 Å². The molecule has 1 aliphatic heterocycles. The molecule has 2 heterocycles. The van der Waals surface area contributed by atoms with E-state index in [-0.39, 0.29) is 12.4 Å². The van der Waals surface area contributed by atoms with Gasteiger partial charge in [-0.2, -0.15) is 4.98 Å². The van der Waals surface area contributed by atoms with Crippen molar-refractivity contribution in [1.29, 1.82) is 0 Å². The molecule has 0 aliphatic carbocycles. The molecule has 0 aromatic carbocycles. The number of nitrogens with two attached hydrogens (primary N) is 1. The number of rotatable bonds is 2. The van der Waals surface area contributed by atoms with Crippen LogP contribution in [0.1, 0.15) is 20.8 Å². The molecule has 2 rings (SSSR count). The quantitative estimate of drug-likeness (QED) is 0.543. The summed E-state index contributed by atoms with van der Waals surface area (Å²) in [7, 11) is 0.427. The van der Waals surface area contributed by atoms with E-state index in [2.05, 4.69) is 4.98 Å². The lowest BCUT2D eigenvalue weighted by molar-refractivity contribution is -0.0911. The summed E-state index contributed by atoms with van der Waals surface area (Å²) in [4.78, 5) is 15.8. The van der Waals surface area contributed by atoms with Crippen LogP contribution in [0, 0.1) is 5.41 Å². The van der Waals surface area contributed by atoms with Crippen molar-refractivity contribution in [2.45, 2.75) is 37.8 Å². The molecule has 1 aliphatic rings. The molecule has 0 radical (unpaired) electrons. The minimum Gasteiger partial charge on any atom is -0.394 e. The van der Waals surface area contributed by atoms with Crippen molar-refractivity contribution in [3.05, 3.63) is 22.7 Å². The van der Waals surface area contributed by atoms with E-state index in [4.69, 9.17) is 10.5 Å². The third-order valence-corrected chi connectivity index (χ3v) is 6.84. The van der Waals surface area contributed by atoms with E-state index in [9.17, 15) is 15.0 Å². The smallest absolute Gasteiger partial charge is 0.351 e. The van der Waals surface area contributed by atoms with Crippen molar-refractivity contribution in [2.75, 3.05) is 12.3 Å². The number of anilines is 1. The molecular weight excluding hydrogens is 278 g/mol. The number of nitrogen functional groups attached to an aromatic ring is 1. The number of ether oxygens (including phenoxy) is 1. The van der Waals surface area contributed by atoms with E-state index >= 15 is 0 Å². The maximum atomic E-state index is 12.1. The number of aliphatic hydroxyl groups is 2. The summed E-state index contributed by atoms with van der Waals surface area (Å²) in [6.45, 7) is 4.93. The van der Waals surface area contributed by atoms with Crippen molar-refractivity contribution in [1.82, 2.24) is 9.55 Å². The molecule has 20 heavy (non-hydrogen) atoms. The van der Waals surface area contributed by atoms with Crippen LogP contribution in [0.2, 0.25) is 0 Å². The van der Waals surface area contributed by atoms with Crippen molar-refractivity contribution in [3.63, 3.8) is 0 Å². The van der Waals surface area contributed by atoms with E-state index < -0.39 is 28.2 Å². The van der Waals surface area contributed by atoms with Gasteiger partial charge in [-0.15, -0.1) is 0 Å². The maximum Gasteiger partial charge on any atom is 0.351 e. The SMILES string of the molecule is CC1(C)[C@]([SiH3])(n2ccc(N)nc2=O)O[C@H](CO)[C@@]1(C)O. The van der Waals surface area contributed by atoms with Crippen LogP contribution in [0.5, 0.6) is 0 Å². The molecule has 1 aromatic rings. The first-order chi connectivity index (χ1) is 9.08. The van der Waals surface area contributed by atoms with Gasteiger partial charge in [-0.1, -0.05) is 13.8 Å². The highest BCUT2D eigenvalue weighted by Crippen LogP contribution is 2.53. The lowest BCUT2D eigenvalue weighted by Gasteiger charge is -2.43. The summed E-state index contributed by atoms with van der Waals surface area (Å²) < 4.78 is 7.24. The minimum atomic E-state index is -1.27. The summed E-state index contributed by atoms with van der Waals surface area (Å²) in [5.74, 6) is 0.137. The highest BCUT2D eigenvalue weighted by atomic mass is 28.1. The highest BCUT2D eigenvalue weighted by Gasteiger charge is 2.65. The summed E-state index contributed by atoms with van der Waals surface area (Å²) in [6.07, 6.45) is 0.759. The van der Waals surface area contributed by atoms with Crippen LogP contribution >= 0.6 is 0 Å². The molecule has 3 atom stereocenters. The van der Waals surface area contributed by atoms with Crippen molar-refractivity contribution < 1.29 is 14.9 Å². The summed E-state index contributed by atoms with van der Waals surface area (Å²) in [5.41, 5.74) is 2.92. The fraction of sp³-hybridized carbons (Fsp3) is 0.667. The number of aromatic nitrogens is 2. The van der Waals surface area contributed by atoms with Gasteiger partial charge in [-0.25, -0.2) is 4.79 Å². The molecule has 0 bridgehead atoms. The van der Waals surface area contributed by atoms with E-state index in [1.54, 1.807) is 6.92 Å². The molecule has 0 amide bonds. The van der Waals surface area contributed by atoms with E-state index in [1.165, 1.54) is 16.8 Å². The zero-order chi connectivity index (χ0) is 15.3. The Labute approximate surface area is 119 Å². The minimum absolute atomic E-state index is 0.137. The number of hydrogen-bond donors (Lipinski definition) is 3. The summed E-state index contributed by atoms with van der Waals surface area (Å²) >= 11 is 0. The third-order valence-electron chi connectivity index (χ3n) is 4.87. The monoisotopic (exact) mass is 299 g/mol. The molecule has 8 heteroatoms. The second kappa shape index (κ2) is 4.39. The first kappa shape index (κ1) is 15.2. The van der Waals surface area contributed by atoms with Crippen molar-refractivity contribution in [3.8, 4) is 0 Å². The zero-order valence-corrected chi connectivity index (χ0v) is 14.1. The Morgan fingerprint density at radius 3 is 2.60 bits per heavy atom. The number of hydrogen-bond acceptors (Lipinski definition) is 6. The van der Waals surface area contributed by atoms with Gasteiger partial charge in [0.15, 0.2) is 0 Å². The van der Waals surface area contributed by atoms with Crippen LogP contribution in [0.25, 0.3) is 0 Å². The zero-order valence-electron chi connectivity index (χ0n) is 12.1. The predicted molar refractivity (Wildman–Crippen MR) is 77.2 cm³/mol. The van der Waals surface area contributed by atoms with Crippen molar-refractivity contribution in [2.24, 2.45) is 5.41 Å². The van der Waals surface area contributed by atoms with Crippen LogP contribution < -0.4 is 11.4 Å². The van der Waals surface area contributed by atoms with Gasteiger partial charge in [0.05, 0.1) is 22.5 Å². The summed E-state index contributed by atoms with van der Waals surface area (Å²) in [5, 5.41) is 19.1. The molecule has 4 N–H and O–H groups in total. The molecular formula is C12H21N3O4Si. The highest BCUT2D eigenvalue weighted by molar-refractivity contribution is 6.13. The third kappa shape index (κ3) is 1.76. The molecule has 0 unspecified atom stereocenters. The lowest BCUT2D eigenvalue weighted by Crippen LogP contribution is -2.56.